The molecule has 0 unspecified atom stereocenters. The van der Waals surface area contributed by atoms with Gasteiger partial charge in [-0.2, -0.15) is 0 Å². The standard InChI is InChI=1S/C43H32N2O/c1-2-3-20-40-39(42-38(19-12-21-41(42)46-40)37-27-24-33-17-10-11-18-36(33)28-37)30-45-43(44-29-31-13-6-4-7-14-31)35-25-22-34(23-26-35)32-15-8-5-9-16-32/h2-28,30H,1,29H2/b20-3-,44-43?,45-30?. The number of nitrogens with zero attached hydrogens (tertiary/aromatic N) is 2. The highest BCUT2D eigenvalue weighted by Gasteiger charge is 2.16. The number of rotatable bonds is 8. The van der Waals surface area contributed by atoms with E-state index in [1.807, 2.05) is 54.8 Å². The van der Waals surface area contributed by atoms with Gasteiger partial charge in [0, 0.05) is 22.7 Å². The molecule has 0 fully saturated rings. The van der Waals surface area contributed by atoms with Gasteiger partial charge in [0.15, 0.2) is 5.84 Å². The lowest BCUT2D eigenvalue weighted by Gasteiger charge is -2.07. The predicted molar refractivity (Wildman–Crippen MR) is 195 cm³/mol. The van der Waals surface area contributed by atoms with Crippen molar-refractivity contribution in [3.05, 3.63) is 187 Å². The van der Waals surface area contributed by atoms with Crippen molar-refractivity contribution in [1.29, 1.82) is 0 Å². The summed E-state index contributed by atoms with van der Waals surface area (Å²) in [6.45, 7) is 4.39. The molecule has 0 saturated carbocycles. The first kappa shape index (κ1) is 28.7. The van der Waals surface area contributed by atoms with Crippen LogP contribution in [0.1, 0.15) is 22.5 Å². The minimum atomic E-state index is 0.519. The number of hydrogen-bond acceptors (Lipinski definition) is 2. The molecule has 0 aliphatic heterocycles. The Kier molecular flexibility index (Phi) is 8.29. The largest absolute Gasteiger partial charge is 0.456 e. The molecule has 0 aliphatic carbocycles. The van der Waals surface area contributed by atoms with Crippen LogP contribution >= 0.6 is 0 Å². The van der Waals surface area contributed by atoms with Gasteiger partial charge in [0.05, 0.1) is 6.54 Å². The molecule has 220 valence electrons. The second-order valence-corrected chi connectivity index (χ2v) is 11.0. The minimum Gasteiger partial charge on any atom is -0.456 e. The molecular formula is C43H32N2O. The van der Waals surface area contributed by atoms with Gasteiger partial charge in [-0.1, -0.05) is 152 Å². The molecule has 6 aromatic carbocycles. The summed E-state index contributed by atoms with van der Waals surface area (Å²) in [5.41, 5.74) is 8.28. The Labute approximate surface area is 269 Å². The zero-order valence-corrected chi connectivity index (χ0v) is 25.4. The van der Waals surface area contributed by atoms with Gasteiger partial charge in [-0.3, -0.25) is 4.99 Å². The van der Waals surface area contributed by atoms with E-state index < -0.39 is 0 Å². The van der Waals surface area contributed by atoms with Crippen LogP contribution < -0.4 is 0 Å². The number of fused-ring (bicyclic) bond motifs is 2. The summed E-state index contributed by atoms with van der Waals surface area (Å²) >= 11 is 0. The normalized spacial score (nSPS) is 12.0. The van der Waals surface area contributed by atoms with Gasteiger partial charge in [-0.25, -0.2) is 4.99 Å². The van der Waals surface area contributed by atoms with Crippen LogP contribution in [0.15, 0.2) is 179 Å². The highest BCUT2D eigenvalue weighted by molar-refractivity contribution is 6.13. The van der Waals surface area contributed by atoms with E-state index in [1.165, 1.54) is 16.3 Å². The number of furan rings is 1. The van der Waals surface area contributed by atoms with Crippen molar-refractivity contribution < 1.29 is 4.42 Å². The molecule has 0 amide bonds. The molecule has 46 heavy (non-hydrogen) atoms. The lowest BCUT2D eigenvalue weighted by Crippen LogP contribution is -2.00. The molecule has 3 heteroatoms. The van der Waals surface area contributed by atoms with E-state index in [4.69, 9.17) is 14.4 Å². The number of aliphatic imine (C=N–C) groups is 2. The smallest absolute Gasteiger partial charge is 0.154 e. The van der Waals surface area contributed by atoms with Crippen LogP contribution in [-0.2, 0) is 6.54 Å². The molecule has 0 aliphatic rings. The number of allylic oxidation sites excluding steroid dienone is 2. The van der Waals surface area contributed by atoms with E-state index in [-0.39, 0.29) is 0 Å². The molecule has 0 atom stereocenters. The van der Waals surface area contributed by atoms with Crippen molar-refractivity contribution >= 4 is 39.9 Å². The van der Waals surface area contributed by atoms with Crippen molar-refractivity contribution in [1.82, 2.24) is 0 Å². The fourth-order valence-corrected chi connectivity index (χ4v) is 5.72. The number of amidine groups is 1. The Bertz CT molecular complexity index is 2220. The molecule has 3 nitrogen and oxygen atoms in total. The van der Waals surface area contributed by atoms with Crippen LogP contribution in [0.2, 0.25) is 0 Å². The summed E-state index contributed by atoms with van der Waals surface area (Å²) in [6.07, 6.45) is 7.47. The minimum absolute atomic E-state index is 0.519. The summed E-state index contributed by atoms with van der Waals surface area (Å²) in [5.74, 6) is 1.37. The van der Waals surface area contributed by atoms with Crippen LogP contribution in [-0.4, -0.2) is 12.1 Å². The second kappa shape index (κ2) is 13.3. The molecule has 0 bridgehead atoms. The van der Waals surface area contributed by atoms with E-state index in [0.717, 1.165) is 44.3 Å². The van der Waals surface area contributed by atoms with E-state index >= 15 is 0 Å². The van der Waals surface area contributed by atoms with Gasteiger partial charge in [0.1, 0.15) is 11.3 Å². The second-order valence-electron chi connectivity index (χ2n) is 11.0. The fraction of sp³-hybridized carbons (Fsp3) is 0.0233. The molecule has 0 N–H and O–H groups in total. The lowest BCUT2D eigenvalue weighted by molar-refractivity contribution is 0.603. The van der Waals surface area contributed by atoms with Crippen LogP contribution in [0.25, 0.3) is 50.1 Å². The summed E-state index contributed by atoms with van der Waals surface area (Å²) in [7, 11) is 0. The molecule has 1 aromatic heterocycles. The van der Waals surface area contributed by atoms with Crippen molar-refractivity contribution in [3.63, 3.8) is 0 Å². The molecule has 7 aromatic rings. The lowest BCUT2D eigenvalue weighted by atomic mass is 9.96. The highest BCUT2D eigenvalue weighted by atomic mass is 16.3. The monoisotopic (exact) mass is 592 g/mol. The SMILES string of the molecule is C=C/C=C\c1oc2cccc(-c3ccc4ccccc4c3)c2c1C=NC(=NCc1ccccc1)c1ccc(-c2ccccc2)cc1. The highest BCUT2D eigenvalue weighted by Crippen LogP contribution is 2.36. The van der Waals surface area contributed by atoms with Crippen molar-refractivity contribution in [2.45, 2.75) is 6.54 Å². The van der Waals surface area contributed by atoms with Gasteiger partial charge in [0.25, 0.3) is 0 Å². The molecule has 0 saturated heterocycles. The third-order valence-corrected chi connectivity index (χ3v) is 8.05. The molecular weight excluding hydrogens is 560 g/mol. The van der Waals surface area contributed by atoms with Gasteiger partial charge >= 0.3 is 0 Å². The van der Waals surface area contributed by atoms with Crippen molar-refractivity contribution in [2.75, 3.05) is 0 Å². The topological polar surface area (TPSA) is 37.9 Å². The van der Waals surface area contributed by atoms with Crippen LogP contribution in [0, 0.1) is 0 Å². The molecule has 7 rings (SSSR count). The van der Waals surface area contributed by atoms with E-state index in [9.17, 15) is 0 Å². The zero-order chi connectivity index (χ0) is 31.1. The van der Waals surface area contributed by atoms with Gasteiger partial charge in [0.2, 0.25) is 0 Å². The van der Waals surface area contributed by atoms with Gasteiger partial charge < -0.3 is 4.42 Å². The summed E-state index contributed by atoms with van der Waals surface area (Å²) in [4.78, 5) is 10.1. The number of benzene rings is 6. The fourth-order valence-electron chi connectivity index (χ4n) is 5.72. The Hall–Kier alpha value is -6.06. The average molecular weight is 593 g/mol. The Morgan fingerprint density at radius 2 is 1.35 bits per heavy atom. The van der Waals surface area contributed by atoms with Crippen molar-refractivity contribution in [2.24, 2.45) is 9.98 Å². The third kappa shape index (κ3) is 6.12. The molecule has 0 spiro atoms. The Morgan fingerprint density at radius 1 is 0.652 bits per heavy atom. The van der Waals surface area contributed by atoms with Gasteiger partial charge in [-0.15, -0.1) is 0 Å². The van der Waals surface area contributed by atoms with Gasteiger partial charge in [-0.05, 0) is 56.8 Å². The molecule has 0 radical (unpaired) electrons. The van der Waals surface area contributed by atoms with Crippen LogP contribution in [0.3, 0.4) is 0 Å². The third-order valence-electron chi connectivity index (χ3n) is 8.05. The van der Waals surface area contributed by atoms with E-state index in [1.54, 1.807) is 6.08 Å². The zero-order valence-electron chi connectivity index (χ0n) is 25.4. The maximum atomic E-state index is 6.42. The van der Waals surface area contributed by atoms with E-state index in [0.29, 0.717) is 18.1 Å². The maximum absolute atomic E-state index is 6.42. The predicted octanol–water partition coefficient (Wildman–Crippen LogP) is 11.2. The average Bonchev–Trinajstić information content (AvgIpc) is 3.49. The summed E-state index contributed by atoms with van der Waals surface area (Å²) in [5, 5.41) is 3.41. The van der Waals surface area contributed by atoms with E-state index in [2.05, 4.69) is 116 Å². The first-order valence-corrected chi connectivity index (χ1v) is 15.4. The first-order chi connectivity index (χ1) is 22.8. The Morgan fingerprint density at radius 3 is 2.13 bits per heavy atom. The number of hydrogen-bond donors (Lipinski definition) is 0. The quantitative estimate of drug-likeness (QED) is 0.0982. The van der Waals surface area contributed by atoms with Crippen molar-refractivity contribution in [3.8, 4) is 22.3 Å². The summed E-state index contributed by atoms with van der Waals surface area (Å²) in [6, 6.07) is 50.3. The maximum Gasteiger partial charge on any atom is 0.154 e. The summed E-state index contributed by atoms with van der Waals surface area (Å²) < 4.78 is 6.42. The van der Waals surface area contributed by atoms with Crippen LogP contribution in [0.5, 0.6) is 0 Å². The molecule has 1 heterocycles. The first-order valence-electron chi connectivity index (χ1n) is 15.4. The van der Waals surface area contributed by atoms with Crippen LogP contribution in [0.4, 0.5) is 0 Å². The Balaban J connectivity index is 1.34.